The van der Waals surface area contributed by atoms with Crippen molar-refractivity contribution in [2.24, 2.45) is 5.92 Å². The fourth-order valence-corrected chi connectivity index (χ4v) is 3.49. The van der Waals surface area contributed by atoms with E-state index in [0.717, 1.165) is 31.0 Å². The number of carboxylic acids is 1. The summed E-state index contributed by atoms with van der Waals surface area (Å²) in [5.74, 6) is -1.17. The van der Waals surface area contributed by atoms with Crippen molar-refractivity contribution in [2.75, 3.05) is 13.1 Å². The van der Waals surface area contributed by atoms with Gasteiger partial charge in [0, 0.05) is 36.3 Å². The minimum Gasteiger partial charge on any atom is -0.550 e. The Balaban J connectivity index is 1.86. The van der Waals surface area contributed by atoms with Gasteiger partial charge < -0.3 is 14.8 Å². The highest BCUT2D eigenvalue weighted by atomic mass is 16.4. The van der Waals surface area contributed by atoms with Crippen molar-refractivity contribution in [2.45, 2.75) is 45.6 Å². The summed E-state index contributed by atoms with van der Waals surface area (Å²) in [4.78, 5) is 17.3. The van der Waals surface area contributed by atoms with Gasteiger partial charge in [-0.1, -0.05) is 26.8 Å². The third-order valence-electron chi connectivity index (χ3n) is 4.78. The van der Waals surface area contributed by atoms with Crippen molar-refractivity contribution in [3.05, 3.63) is 35.8 Å². The summed E-state index contributed by atoms with van der Waals surface area (Å²) in [5.41, 5.74) is 3.36. The van der Waals surface area contributed by atoms with Crippen LogP contribution in [0.2, 0.25) is 0 Å². The van der Waals surface area contributed by atoms with Crippen LogP contribution < -0.4 is 10.0 Å². The molecule has 2 aromatic rings. The molecule has 0 amide bonds. The van der Waals surface area contributed by atoms with Crippen LogP contribution in [-0.2, 0) is 16.8 Å². The van der Waals surface area contributed by atoms with Gasteiger partial charge in [-0.25, -0.2) is 4.98 Å². The van der Waals surface area contributed by atoms with Gasteiger partial charge in [0.05, 0.1) is 18.8 Å². The molecule has 0 bridgehead atoms. The minimum atomic E-state index is -0.894. The van der Waals surface area contributed by atoms with Crippen LogP contribution in [0.15, 0.2) is 24.4 Å². The maximum Gasteiger partial charge on any atom is 0.137 e. The van der Waals surface area contributed by atoms with E-state index >= 15 is 0 Å². The number of piperidine rings is 1. The first kappa shape index (κ1) is 16.0. The highest BCUT2D eigenvalue weighted by molar-refractivity contribution is 5.67. The smallest absolute Gasteiger partial charge is 0.137 e. The normalized spacial score (nSPS) is 22.4. The molecule has 124 valence electrons. The number of fused-ring (bicyclic) bond motifs is 1. The molecule has 0 spiro atoms. The van der Waals surface area contributed by atoms with Gasteiger partial charge in [-0.2, -0.15) is 0 Å². The molecule has 0 aromatic carbocycles. The van der Waals surface area contributed by atoms with Crippen LogP contribution in [-0.4, -0.2) is 28.4 Å². The minimum absolute atomic E-state index is 0.00982. The number of likely N-dealkylation sites (tertiary alicyclic amines) is 1. The van der Waals surface area contributed by atoms with Crippen LogP contribution in [0, 0.1) is 5.92 Å². The third-order valence-corrected chi connectivity index (χ3v) is 4.78. The number of pyridine rings is 1. The molecule has 0 aliphatic carbocycles. The SMILES string of the molecule is CC(C)(C)c1nc2ccccn2c1C[NH+]1CCC(C(=O)[O-])CC1. The highest BCUT2D eigenvalue weighted by Crippen LogP contribution is 2.26. The molecule has 5 heteroatoms. The van der Waals surface area contributed by atoms with Gasteiger partial charge in [0.25, 0.3) is 0 Å². The molecule has 0 unspecified atom stereocenters. The van der Waals surface area contributed by atoms with Gasteiger partial charge in [0.2, 0.25) is 0 Å². The molecule has 1 saturated heterocycles. The van der Waals surface area contributed by atoms with Gasteiger partial charge >= 0.3 is 0 Å². The van der Waals surface area contributed by atoms with Crippen LogP contribution in [0.4, 0.5) is 0 Å². The Hall–Kier alpha value is -1.88. The number of imidazole rings is 1. The number of nitrogens with zero attached hydrogens (tertiary/aromatic N) is 2. The summed E-state index contributed by atoms with van der Waals surface area (Å²) in [7, 11) is 0. The van der Waals surface area contributed by atoms with E-state index in [9.17, 15) is 9.90 Å². The third kappa shape index (κ3) is 3.24. The maximum absolute atomic E-state index is 11.0. The van der Waals surface area contributed by atoms with Crippen LogP contribution >= 0.6 is 0 Å². The van der Waals surface area contributed by atoms with Crippen molar-refractivity contribution in [3.63, 3.8) is 0 Å². The number of aromatic nitrogens is 2. The number of carboxylic acid groups (broad SMARTS) is 1. The van der Waals surface area contributed by atoms with Crippen molar-refractivity contribution >= 4 is 11.6 Å². The standard InChI is InChI=1S/C18H25N3O2/c1-18(2,3)16-14(21-9-5-4-6-15(21)19-16)12-20-10-7-13(8-11-20)17(22)23/h4-6,9,13H,7-8,10-12H2,1-3H3,(H,22,23). The van der Waals surface area contributed by atoms with E-state index in [0.29, 0.717) is 12.8 Å². The molecular formula is C18H25N3O2. The Morgan fingerprint density at radius 2 is 2.04 bits per heavy atom. The zero-order chi connectivity index (χ0) is 16.6. The van der Waals surface area contributed by atoms with Gasteiger partial charge in [-0.15, -0.1) is 0 Å². The second kappa shape index (κ2) is 5.96. The lowest BCUT2D eigenvalue weighted by Crippen LogP contribution is -3.12. The topological polar surface area (TPSA) is 61.9 Å². The Bertz CT molecular complexity index is 707. The molecule has 0 atom stereocenters. The average Bonchev–Trinajstić information content (AvgIpc) is 2.87. The fourth-order valence-electron chi connectivity index (χ4n) is 3.49. The second-order valence-corrected chi connectivity index (χ2v) is 7.61. The quantitative estimate of drug-likeness (QED) is 0.879. The second-order valence-electron chi connectivity index (χ2n) is 7.61. The van der Waals surface area contributed by atoms with E-state index < -0.39 is 5.97 Å². The first-order valence-corrected chi connectivity index (χ1v) is 8.37. The van der Waals surface area contributed by atoms with Crippen LogP contribution in [0.5, 0.6) is 0 Å². The van der Waals surface area contributed by atoms with Crippen molar-refractivity contribution < 1.29 is 14.8 Å². The lowest BCUT2D eigenvalue weighted by Gasteiger charge is -2.30. The average molecular weight is 315 g/mol. The fraction of sp³-hybridized carbons (Fsp3) is 0.556. The number of carbonyl (C=O) groups excluding carboxylic acids is 1. The highest BCUT2D eigenvalue weighted by Gasteiger charge is 2.28. The summed E-state index contributed by atoms with van der Waals surface area (Å²) < 4.78 is 2.18. The van der Waals surface area contributed by atoms with Crippen LogP contribution in [0.1, 0.15) is 45.0 Å². The van der Waals surface area contributed by atoms with Gasteiger partial charge in [-0.3, -0.25) is 4.40 Å². The predicted molar refractivity (Wildman–Crippen MR) is 86.0 cm³/mol. The molecule has 5 nitrogen and oxygen atoms in total. The summed E-state index contributed by atoms with van der Waals surface area (Å²) in [5, 5.41) is 11.0. The number of nitrogens with one attached hydrogen (secondary N) is 1. The number of carbonyl (C=O) groups is 1. The molecule has 23 heavy (non-hydrogen) atoms. The Labute approximate surface area is 136 Å². The molecule has 1 aliphatic rings. The molecule has 0 saturated carbocycles. The molecule has 1 N–H and O–H groups in total. The van der Waals surface area contributed by atoms with Crippen molar-refractivity contribution in [1.29, 1.82) is 0 Å². The number of quaternary nitrogens is 1. The first-order valence-electron chi connectivity index (χ1n) is 8.37. The van der Waals surface area contributed by atoms with Crippen molar-refractivity contribution in [1.82, 2.24) is 9.38 Å². The predicted octanol–water partition coefficient (Wildman–Crippen LogP) is 0.177. The largest absolute Gasteiger partial charge is 0.550 e. The van der Waals surface area contributed by atoms with Gasteiger partial charge in [-0.05, 0) is 12.1 Å². The molecule has 3 heterocycles. The Kier molecular flexibility index (Phi) is 4.15. The Morgan fingerprint density at radius 1 is 1.35 bits per heavy atom. The molecular weight excluding hydrogens is 290 g/mol. The summed E-state index contributed by atoms with van der Waals surface area (Å²) in [6, 6.07) is 6.08. The summed E-state index contributed by atoms with van der Waals surface area (Å²) in [6.07, 6.45) is 3.48. The molecule has 1 fully saturated rings. The number of rotatable bonds is 3. The number of aliphatic carboxylic acids is 1. The number of hydrogen-bond donors (Lipinski definition) is 1. The zero-order valence-electron chi connectivity index (χ0n) is 14.1. The first-order chi connectivity index (χ1) is 10.9. The molecule has 1 aliphatic heterocycles. The zero-order valence-corrected chi connectivity index (χ0v) is 14.1. The van der Waals surface area contributed by atoms with E-state index in [4.69, 9.17) is 4.98 Å². The number of hydrogen-bond acceptors (Lipinski definition) is 3. The molecule has 3 rings (SSSR count). The summed E-state index contributed by atoms with van der Waals surface area (Å²) >= 11 is 0. The van der Waals surface area contributed by atoms with E-state index in [1.807, 2.05) is 18.2 Å². The van der Waals surface area contributed by atoms with E-state index in [2.05, 4.69) is 31.4 Å². The van der Waals surface area contributed by atoms with E-state index in [-0.39, 0.29) is 11.3 Å². The van der Waals surface area contributed by atoms with Crippen LogP contribution in [0.25, 0.3) is 5.65 Å². The van der Waals surface area contributed by atoms with Gasteiger partial charge in [0.1, 0.15) is 17.9 Å². The Morgan fingerprint density at radius 3 is 2.65 bits per heavy atom. The molecule has 0 radical (unpaired) electrons. The lowest BCUT2D eigenvalue weighted by atomic mass is 9.90. The lowest BCUT2D eigenvalue weighted by molar-refractivity contribution is -0.919. The monoisotopic (exact) mass is 315 g/mol. The summed E-state index contributed by atoms with van der Waals surface area (Å²) in [6.45, 7) is 9.21. The maximum atomic E-state index is 11.0. The van der Waals surface area contributed by atoms with Crippen LogP contribution in [0.3, 0.4) is 0 Å². The van der Waals surface area contributed by atoms with E-state index in [1.165, 1.54) is 10.6 Å². The van der Waals surface area contributed by atoms with E-state index in [1.54, 1.807) is 0 Å². The molecule has 2 aromatic heterocycles. The van der Waals surface area contributed by atoms with Gasteiger partial charge in [0.15, 0.2) is 0 Å². The van der Waals surface area contributed by atoms with Crippen molar-refractivity contribution in [3.8, 4) is 0 Å².